The second kappa shape index (κ2) is 4.73. The number of nitrogens with zero attached hydrogens (tertiary/aromatic N) is 6. The average Bonchev–Trinajstić information content (AvgIpc) is 2.97. The van der Waals surface area contributed by atoms with Crippen LogP contribution in [0.5, 0.6) is 0 Å². The molecule has 3 heterocycles. The zero-order valence-electron chi connectivity index (χ0n) is 9.36. The van der Waals surface area contributed by atoms with Crippen LogP contribution in [0.1, 0.15) is 0 Å². The number of hydrogen-bond donors (Lipinski definition) is 1. The number of fused-ring (bicyclic) bond motifs is 1. The van der Waals surface area contributed by atoms with Crippen molar-refractivity contribution in [3.8, 4) is 0 Å². The summed E-state index contributed by atoms with van der Waals surface area (Å²) in [6, 6.07) is 3.84. The summed E-state index contributed by atoms with van der Waals surface area (Å²) in [5.41, 5.74) is 0.807. The van der Waals surface area contributed by atoms with Crippen LogP contribution < -0.4 is 5.32 Å². The molecule has 0 aliphatic heterocycles. The Hall–Kier alpha value is -1.96. The molecule has 0 atom stereocenters. The molecule has 0 saturated heterocycles. The molecule has 0 spiro atoms. The molecule has 7 nitrogen and oxygen atoms in total. The van der Waals surface area contributed by atoms with E-state index < -0.39 is 0 Å². The van der Waals surface area contributed by atoms with Gasteiger partial charge in [-0.25, -0.2) is 4.52 Å². The maximum absolute atomic E-state index is 4.35. The van der Waals surface area contributed by atoms with Gasteiger partial charge in [0.15, 0.2) is 5.65 Å². The van der Waals surface area contributed by atoms with E-state index in [1.807, 2.05) is 24.5 Å². The van der Waals surface area contributed by atoms with Gasteiger partial charge in [-0.1, -0.05) is 5.21 Å². The second-order valence-corrected chi connectivity index (χ2v) is 4.59. The summed E-state index contributed by atoms with van der Waals surface area (Å²) in [6.07, 6.45) is 5.33. The van der Waals surface area contributed by atoms with Crippen molar-refractivity contribution in [1.29, 1.82) is 0 Å². The molecule has 0 fully saturated rings. The molecule has 0 aliphatic rings. The number of anilines is 1. The van der Waals surface area contributed by atoms with Crippen molar-refractivity contribution in [1.82, 2.24) is 29.6 Å². The van der Waals surface area contributed by atoms with Crippen LogP contribution >= 0.6 is 15.9 Å². The van der Waals surface area contributed by atoms with Gasteiger partial charge in [0.1, 0.15) is 0 Å². The van der Waals surface area contributed by atoms with Gasteiger partial charge in [0.2, 0.25) is 5.95 Å². The molecule has 92 valence electrons. The lowest BCUT2D eigenvalue weighted by molar-refractivity contribution is 0.607. The van der Waals surface area contributed by atoms with E-state index in [1.165, 1.54) is 0 Å². The molecule has 3 rings (SSSR count). The quantitative estimate of drug-likeness (QED) is 0.784. The highest BCUT2D eigenvalue weighted by molar-refractivity contribution is 9.10. The molecule has 3 aromatic heterocycles. The van der Waals surface area contributed by atoms with E-state index in [2.05, 4.69) is 41.6 Å². The Morgan fingerprint density at radius 1 is 1.33 bits per heavy atom. The van der Waals surface area contributed by atoms with Crippen LogP contribution in [0.4, 0.5) is 5.95 Å². The number of aromatic nitrogens is 6. The van der Waals surface area contributed by atoms with Crippen LogP contribution in [0.3, 0.4) is 0 Å². The third-order valence-corrected chi connectivity index (χ3v) is 2.86. The topological polar surface area (TPSA) is 72.9 Å². The predicted molar refractivity (Wildman–Crippen MR) is 69.2 cm³/mol. The van der Waals surface area contributed by atoms with E-state index in [4.69, 9.17) is 0 Å². The predicted octanol–water partition coefficient (Wildman–Crippen LogP) is 1.20. The standard InChI is InChI=1S/C10H10BrN7/c11-8-1-2-9-14-10(15-18(9)7-8)12-3-5-17-6-4-13-16-17/h1-2,4,6-7H,3,5H2,(H,12,15). The molecule has 3 aromatic rings. The van der Waals surface area contributed by atoms with Crippen LogP contribution in [0.2, 0.25) is 0 Å². The van der Waals surface area contributed by atoms with Gasteiger partial charge in [-0.3, -0.25) is 4.68 Å². The highest BCUT2D eigenvalue weighted by Crippen LogP contribution is 2.11. The second-order valence-electron chi connectivity index (χ2n) is 3.68. The molecule has 8 heteroatoms. The normalized spacial score (nSPS) is 10.9. The molecule has 18 heavy (non-hydrogen) atoms. The first-order valence-corrected chi connectivity index (χ1v) is 6.20. The van der Waals surface area contributed by atoms with Crippen LogP contribution in [0.15, 0.2) is 35.2 Å². The number of hydrogen-bond acceptors (Lipinski definition) is 5. The molecular formula is C10H10BrN7. The maximum atomic E-state index is 4.35. The minimum absolute atomic E-state index is 0.605. The smallest absolute Gasteiger partial charge is 0.243 e. The van der Waals surface area contributed by atoms with Gasteiger partial charge in [-0.15, -0.1) is 10.2 Å². The van der Waals surface area contributed by atoms with Crippen molar-refractivity contribution in [3.63, 3.8) is 0 Å². The van der Waals surface area contributed by atoms with E-state index in [0.717, 1.165) is 16.7 Å². The molecule has 0 aromatic carbocycles. The molecule has 0 amide bonds. The highest BCUT2D eigenvalue weighted by atomic mass is 79.9. The lowest BCUT2D eigenvalue weighted by Crippen LogP contribution is -2.11. The first-order valence-electron chi connectivity index (χ1n) is 5.41. The Morgan fingerprint density at radius 3 is 3.11 bits per heavy atom. The van der Waals surface area contributed by atoms with Gasteiger partial charge in [0.05, 0.1) is 12.7 Å². The third kappa shape index (κ3) is 2.33. The van der Waals surface area contributed by atoms with Crippen molar-refractivity contribution in [2.75, 3.05) is 11.9 Å². The van der Waals surface area contributed by atoms with Crippen molar-refractivity contribution in [2.45, 2.75) is 6.54 Å². The van der Waals surface area contributed by atoms with Gasteiger partial charge >= 0.3 is 0 Å². The summed E-state index contributed by atoms with van der Waals surface area (Å²) in [5.74, 6) is 0.605. The van der Waals surface area contributed by atoms with Crippen molar-refractivity contribution in [3.05, 3.63) is 35.2 Å². The fourth-order valence-electron chi connectivity index (χ4n) is 1.57. The Morgan fingerprint density at radius 2 is 2.28 bits per heavy atom. The number of halogens is 1. The minimum atomic E-state index is 0.605. The van der Waals surface area contributed by atoms with Gasteiger partial charge < -0.3 is 5.32 Å². The zero-order chi connectivity index (χ0) is 12.4. The van der Waals surface area contributed by atoms with Crippen LogP contribution in [0, 0.1) is 0 Å². The van der Waals surface area contributed by atoms with E-state index in [9.17, 15) is 0 Å². The highest BCUT2D eigenvalue weighted by Gasteiger charge is 2.02. The van der Waals surface area contributed by atoms with Crippen LogP contribution in [-0.2, 0) is 6.54 Å². The maximum Gasteiger partial charge on any atom is 0.243 e. The van der Waals surface area contributed by atoms with Gasteiger partial charge in [0, 0.05) is 23.4 Å². The lowest BCUT2D eigenvalue weighted by Gasteiger charge is -2.00. The number of rotatable bonds is 4. The summed E-state index contributed by atoms with van der Waals surface area (Å²) in [5, 5.41) is 15.1. The first-order chi connectivity index (χ1) is 8.81. The Labute approximate surface area is 111 Å². The zero-order valence-corrected chi connectivity index (χ0v) is 10.9. The summed E-state index contributed by atoms with van der Waals surface area (Å²) in [6.45, 7) is 1.42. The molecule has 0 unspecified atom stereocenters. The van der Waals surface area contributed by atoms with Gasteiger partial charge in [-0.05, 0) is 28.1 Å². The molecule has 0 aliphatic carbocycles. The largest absolute Gasteiger partial charge is 0.351 e. The van der Waals surface area contributed by atoms with Crippen molar-refractivity contribution >= 4 is 27.5 Å². The first kappa shape index (κ1) is 11.1. The van der Waals surface area contributed by atoms with Crippen LogP contribution in [-0.4, -0.2) is 36.1 Å². The Balaban J connectivity index is 1.67. The fourth-order valence-corrected chi connectivity index (χ4v) is 1.89. The minimum Gasteiger partial charge on any atom is -0.351 e. The van der Waals surface area contributed by atoms with E-state index in [0.29, 0.717) is 12.5 Å². The number of nitrogens with one attached hydrogen (secondary N) is 1. The lowest BCUT2D eigenvalue weighted by atomic mass is 10.5. The summed E-state index contributed by atoms with van der Waals surface area (Å²) >= 11 is 3.39. The average molecular weight is 308 g/mol. The molecule has 0 radical (unpaired) electrons. The van der Waals surface area contributed by atoms with E-state index in [1.54, 1.807) is 15.4 Å². The monoisotopic (exact) mass is 307 g/mol. The molecule has 0 saturated carbocycles. The Kier molecular flexibility index (Phi) is 2.93. The van der Waals surface area contributed by atoms with Gasteiger partial charge in [0.25, 0.3) is 0 Å². The van der Waals surface area contributed by atoms with E-state index >= 15 is 0 Å². The van der Waals surface area contributed by atoms with Crippen LogP contribution in [0.25, 0.3) is 5.65 Å². The van der Waals surface area contributed by atoms with E-state index in [-0.39, 0.29) is 0 Å². The molecule has 0 bridgehead atoms. The summed E-state index contributed by atoms with van der Waals surface area (Å²) < 4.78 is 4.44. The van der Waals surface area contributed by atoms with Crippen molar-refractivity contribution < 1.29 is 0 Å². The summed E-state index contributed by atoms with van der Waals surface area (Å²) in [7, 11) is 0. The summed E-state index contributed by atoms with van der Waals surface area (Å²) in [4.78, 5) is 4.35. The molecular weight excluding hydrogens is 298 g/mol. The Bertz CT molecular complexity index is 645. The number of pyridine rings is 1. The van der Waals surface area contributed by atoms with Gasteiger partial charge in [-0.2, -0.15) is 4.98 Å². The SMILES string of the molecule is Brc1ccc2nc(NCCn3ccnn3)nn2c1. The van der Waals surface area contributed by atoms with Crippen molar-refractivity contribution in [2.24, 2.45) is 0 Å². The molecule has 1 N–H and O–H groups in total. The fraction of sp³-hybridized carbons (Fsp3) is 0.200. The third-order valence-electron chi connectivity index (χ3n) is 2.39.